The molecule has 3 N–H and O–H groups in total. The van der Waals surface area contributed by atoms with E-state index >= 15 is 0 Å². The van der Waals surface area contributed by atoms with E-state index in [-0.39, 0.29) is 24.3 Å². The zero-order chi connectivity index (χ0) is 38.4. The number of benzene rings is 1. The monoisotopic (exact) mass is 748 g/mol. The lowest BCUT2D eigenvalue weighted by atomic mass is 9.96. The molecule has 52 heavy (non-hydrogen) atoms. The fraction of sp³-hybridized carbons (Fsp3) is 0.744. The summed E-state index contributed by atoms with van der Waals surface area (Å²) in [6.07, 6.45) is 4.42. The third-order valence-electron chi connectivity index (χ3n) is 9.08. The predicted octanol–water partition coefficient (Wildman–Crippen LogP) is 6.21. The van der Waals surface area contributed by atoms with Gasteiger partial charge >= 0.3 is 12.2 Å². The number of nitrogens with one attached hydrogen (secondary N) is 3. The van der Waals surface area contributed by atoms with Crippen molar-refractivity contribution >= 4 is 35.8 Å². The first-order chi connectivity index (χ1) is 24.5. The van der Waals surface area contributed by atoms with E-state index < -0.39 is 47.2 Å². The predicted molar refractivity (Wildman–Crippen MR) is 204 cm³/mol. The highest BCUT2D eigenvalue weighted by atomic mass is 32.2. The summed E-state index contributed by atoms with van der Waals surface area (Å²) in [6.45, 7) is 16.7. The smallest absolute Gasteiger partial charge is 0.408 e. The molecule has 1 aromatic carbocycles. The average Bonchev–Trinajstić information content (AvgIpc) is 3.07. The van der Waals surface area contributed by atoms with Crippen molar-refractivity contribution in [1.29, 1.82) is 0 Å². The molecule has 2 heterocycles. The van der Waals surface area contributed by atoms with Gasteiger partial charge in [-0.2, -0.15) is 11.8 Å². The Morgan fingerprint density at radius 2 is 1.56 bits per heavy atom. The molecule has 12 nitrogen and oxygen atoms in total. The van der Waals surface area contributed by atoms with Crippen LogP contribution in [-0.2, 0) is 35.0 Å². The number of rotatable bonds is 16. The highest BCUT2D eigenvalue weighted by Gasteiger charge is 2.50. The summed E-state index contributed by atoms with van der Waals surface area (Å²) >= 11 is 1.77. The van der Waals surface area contributed by atoms with Gasteiger partial charge < -0.3 is 39.8 Å². The Bertz CT molecular complexity index is 1270. The molecular formula is C39H64N4O8S. The first kappa shape index (κ1) is 43.4. The van der Waals surface area contributed by atoms with Gasteiger partial charge in [-0.15, -0.1) is 0 Å². The molecule has 0 aliphatic carbocycles. The fourth-order valence-corrected chi connectivity index (χ4v) is 7.54. The van der Waals surface area contributed by atoms with Crippen molar-refractivity contribution < 1.29 is 38.1 Å². The standard InChI is InChI=1S/C39H64N4O8S/c1-9-28(2)32(42-36(47)51-38(6,7)8)33(44)41-30(26-29-18-13-12-14-19-29)34(45)43(31-27-52-25-20-39(31)48-23-17-24-49-39)22-16-11-10-15-21-40-35(46)50-37(3,4)5/h12-14,18-19,28,30-32H,9-11,15-17,20-27H2,1-8H3,(H,40,46)(H,41,44)(H,42,47)/t28-,30+,31-,32-/m1/s1. The number of carbonyl (C=O) groups is 4. The first-order valence-corrected chi connectivity index (χ1v) is 20.2. The molecule has 0 radical (unpaired) electrons. The van der Waals surface area contributed by atoms with Gasteiger partial charge in [-0.05, 0) is 78.0 Å². The van der Waals surface area contributed by atoms with Crippen LogP contribution in [0.15, 0.2) is 30.3 Å². The molecule has 1 spiro atoms. The largest absolute Gasteiger partial charge is 0.444 e. The maximum atomic E-state index is 15.0. The summed E-state index contributed by atoms with van der Waals surface area (Å²) < 4.78 is 23.6. The Hall–Kier alpha value is -3.03. The highest BCUT2D eigenvalue weighted by molar-refractivity contribution is 7.99. The normalized spacial score (nSPS) is 19.1. The summed E-state index contributed by atoms with van der Waals surface area (Å²) in [6, 6.07) is 7.46. The maximum Gasteiger partial charge on any atom is 0.408 e. The first-order valence-electron chi connectivity index (χ1n) is 19.0. The second-order valence-electron chi connectivity index (χ2n) is 15.8. The number of ether oxygens (including phenoxy) is 4. The Labute approximate surface area is 315 Å². The third kappa shape index (κ3) is 14.4. The van der Waals surface area contributed by atoms with Gasteiger partial charge in [0.1, 0.15) is 23.3 Å². The maximum absolute atomic E-state index is 15.0. The summed E-state index contributed by atoms with van der Waals surface area (Å²) in [7, 11) is 0. The topological polar surface area (TPSA) is 145 Å². The van der Waals surface area contributed by atoms with Gasteiger partial charge in [-0.1, -0.05) is 63.4 Å². The molecule has 13 heteroatoms. The molecule has 0 saturated carbocycles. The number of unbranched alkanes of at least 4 members (excludes halogenated alkanes) is 3. The van der Waals surface area contributed by atoms with Crippen molar-refractivity contribution in [3.63, 3.8) is 0 Å². The zero-order valence-corrected chi connectivity index (χ0v) is 33.5. The van der Waals surface area contributed by atoms with E-state index in [2.05, 4.69) is 16.0 Å². The number of thioether (sulfide) groups is 1. The molecule has 0 aromatic heterocycles. The summed E-state index contributed by atoms with van der Waals surface area (Å²) in [4.78, 5) is 55.8. The SMILES string of the molecule is CC[C@@H](C)[C@@H](NC(=O)OC(C)(C)C)C(=O)N[C@@H](Cc1ccccc1)C(=O)N(CCCCCCNC(=O)OC(C)(C)C)[C@@H]1CSCCC12OCCCO2. The number of carbonyl (C=O) groups excluding carboxylic acids is 4. The van der Waals surface area contributed by atoms with Crippen LogP contribution in [0.5, 0.6) is 0 Å². The van der Waals surface area contributed by atoms with Crippen molar-refractivity contribution in [1.82, 2.24) is 20.9 Å². The molecular weight excluding hydrogens is 685 g/mol. The van der Waals surface area contributed by atoms with Gasteiger partial charge in [0.25, 0.3) is 0 Å². The van der Waals surface area contributed by atoms with E-state index in [0.29, 0.717) is 44.9 Å². The number of hydrogen-bond donors (Lipinski definition) is 3. The van der Waals surface area contributed by atoms with Crippen molar-refractivity contribution in [3.05, 3.63) is 35.9 Å². The number of amides is 4. The summed E-state index contributed by atoms with van der Waals surface area (Å²) in [5.74, 6) is -0.274. The van der Waals surface area contributed by atoms with Gasteiger partial charge in [0.15, 0.2) is 5.79 Å². The van der Waals surface area contributed by atoms with Crippen LogP contribution in [0, 0.1) is 5.92 Å². The van der Waals surface area contributed by atoms with Crippen LogP contribution < -0.4 is 16.0 Å². The van der Waals surface area contributed by atoms with Crippen LogP contribution in [0.4, 0.5) is 9.59 Å². The summed E-state index contributed by atoms with van der Waals surface area (Å²) in [5.41, 5.74) is -0.391. The van der Waals surface area contributed by atoms with Crippen molar-refractivity contribution in [3.8, 4) is 0 Å². The van der Waals surface area contributed by atoms with E-state index in [0.717, 1.165) is 43.4 Å². The second-order valence-corrected chi connectivity index (χ2v) is 17.0. The molecule has 294 valence electrons. The van der Waals surface area contributed by atoms with E-state index in [1.54, 1.807) is 32.5 Å². The van der Waals surface area contributed by atoms with Crippen LogP contribution in [0.25, 0.3) is 0 Å². The van der Waals surface area contributed by atoms with E-state index in [1.165, 1.54) is 0 Å². The van der Waals surface area contributed by atoms with Crippen LogP contribution in [-0.4, -0.2) is 102 Å². The minimum Gasteiger partial charge on any atom is -0.444 e. The van der Waals surface area contributed by atoms with Crippen LogP contribution >= 0.6 is 11.8 Å². The molecule has 2 aliphatic rings. The van der Waals surface area contributed by atoms with Crippen molar-refractivity contribution in [2.45, 2.75) is 142 Å². The molecule has 0 bridgehead atoms. The molecule has 1 aromatic rings. The number of hydrogen-bond acceptors (Lipinski definition) is 9. The average molecular weight is 749 g/mol. The quantitative estimate of drug-likeness (QED) is 0.168. The van der Waals surface area contributed by atoms with Gasteiger partial charge in [0, 0.05) is 31.7 Å². The van der Waals surface area contributed by atoms with E-state index in [9.17, 15) is 19.2 Å². The summed E-state index contributed by atoms with van der Waals surface area (Å²) in [5, 5.41) is 8.65. The van der Waals surface area contributed by atoms with Crippen LogP contribution in [0.1, 0.15) is 106 Å². The van der Waals surface area contributed by atoms with Gasteiger partial charge in [-0.3, -0.25) is 9.59 Å². The van der Waals surface area contributed by atoms with Crippen molar-refractivity contribution in [2.75, 3.05) is 37.8 Å². The highest BCUT2D eigenvalue weighted by Crippen LogP contribution is 2.38. The minimum atomic E-state index is -0.910. The molecule has 3 rings (SSSR count). The van der Waals surface area contributed by atoms with Gasteiger partial charge in [0.05, 0.1) is 19.3 Å². The zero-order valence-electron chi connectivity index (χ0n) is 32.7. The van der Waals surface area contributed by atoms with E-state index in [4.69, 9.17) is 18.9 Å². The lowest BCUT2D eigenvalue weighted by molar-refractivity contribution is -0.292. The lowest BCUT2D eigenvalue weighted by Crippen LogP contribution is -2.65. The number of nitrogens with zero attached hydrogens (tertiary/aromatic N) is 1. The molecule has 4 amide bonds. The third-order valence-corrected chi connectivity index (χ3v) is 10.1. The Morgan fingerprint density at radius 1 is 0.923 bits per heavy atom. The fourth-order valence-electron chi connectivity index (χ4n) is 6.29. The van der Waals surface area contributed by atoms with Gasteiger partial charge in [-0.25, -0.2) is 9.59 Å². The van der Waals surface area contributed by atoms with E-state index in [1.807, 2.05) is 69.9 Å². The molecule has 2 aliphatic heterocycles. The van der Waals surface area contributed by atoms with Crippen LogP contribution in [0.2, 0.25) is 0 Å². The molecule has 0 unspecified atom stereocenters. The minimum absolute atomic E-state index is 0.214. The Balaban J connectivity index is 1.84. The molecule has 2 saturated heterocycles. The van der Waals surface area contributed by atoms with Gasteiger partial charge in [0.2, 0.25) is 11.8 Å². The molecule has 4 atom stereocenters. The second kappa shape index (κ2) is 20.4. The Morgan fingerprint density at radius 3 is 2.19 bits per heavy atom. The van der Waals surface area contributed by atoms with Crippen LogP contribution in [0.3, 0.4) is 0 Å². The lowest BCUT2D eigenvalue weighted by Gasteiger charge is -2.50. The molecule has 2 fully saturated rings. The van der Waals surface area contributed by atoms with Crippen molar-refractivity contribution in [2.24, 2.45) is 5.92 Å². The number of alkyl carbamates (subject to hydrolysis) is 2. The Kier molecular flexibility index (Phi) is 17.0.